The maximum atomic E-state index is 5.34. The third-order valence-electron chi connectivity index (χ3n) is 2.80. The van der Waals surface area contributed by atoms with Crippen LogP contribution in [0, 0.1) is 11.8 Å². The molecule has 0 spiro atoms. The summed E-state index contributed by atoms with van der Waals surface area (Å²) < 4.78 is 0. The van der Waals surface area contributed by atoms with Gasteiger partial charge >= 0.3 is 0 Å². The van der Waals surface area contributed by atoms with Crippen LogP contribution in [0.3, 0.4) is 0 Å². The lowest BCUT2D eigenvalue weighted by Gasteiger charge is -2.25. The smallest absolute Gasteiger partial charge is 0.0555 e. The fourth-order valence-electron chi connectivity index (χ4n) is 1.77. The van der Waals surface area contributed by atoms with Gasteiger partial charge in [-0.25, -0.2) is 0 Å². The van der Waals surface area contributed by atoms with Gasteiger partial charge in [0.25, 0.3) is 0 Å². The SMILES string of the molecule is NCC#Cc1cccc(C2CCC2)c1. The molecule has 1 fully saturated rings. The molecule has 0 radical (unpaired) electrons. The molecule has 1 nitrogen and oxygen atoms in total. The second-order valence-corrected chi connectivity index (χ2v) is 3.76. The summed E-state index contributed by atoms with van der Waals surface area (Å²) >= 11 is 0. The molecule has 1 aromatic carbocycles. The summed E-state index contributed by atoms with van der Waals surface area (Å²) in [6.45, 7) is 0.438. The van der Waals surface area contributed by atoms with Crippen molar-refractivity contribution in [2.24, 2.45) is 5.73 Å². The van der Waals surface area contributed by atoms with Crippen LogP contribution < -0.4 is 5.73 Å². The van der Waals surface area contributed by atoms with Gasteiger partial charge in [-0.05, 0) is 36.5 Å². The average molecular weight is 185 g/mol. The molecule has 14 heavy (non-hydrogen) atoms. The third kappa shape index (κ3) is 1.97. The highest BCUT2D eigenvalue weighted by atomic mass is 14.5. The van der Waals surface area contributed by atoms with Gasteiger partial charge in [0.1, 0.15) is 0 Å². The zero-order chi connectivity index (χ0) is 9.80. The van der Waals surface area contributed by atoms with Crippen LogP contribution >= 0.6 is 0 Å². The quantitative estimate of drug-likeness (QED) is 0.667. The zero-order valence-corrected chi connectivity index (χ0v) is 8.29. The summed E-state index contributed by atoms with van der Waals surface area (Å²) in [5, 5.41) is 0. The molecule has 0 heterocycles. The van der Waals surface area contributed by atoms with Crippen LogP contribution in [0.15, 0.2) is 24.3 Å². The first-order chi connectivity index (χ1) is 6.90. The number of nitrogens with two attached hydrogens (primary N) is 1. The van der Waals surface area contributed by atoms with Crippen molar-refractivity contribution in [3.63, 3.8) is 0 Å². The summed E-state index contributed by atoms with van der Waals surface area (Å²) in [6.07, 6.45) is 4.06. The molecule has 2 rings (SSSR count). The highest BCUT2D eigenvalue weighted by Crippen LogP contribution is 2.36. The van der Waals surface area contributed by atoms with Crippen LogP contribution in [0.25, 0.3) is 0 Å². The Balaban J connectivity index is 2.17. The van der Waals surface area contributed by atoms with Crippen LogP contribution in [0.1, 0.15) is 36.3 Å². The molecule has 0 amide bonds. The highest BCUT2D eigenvalue weighted by molar-refractivity contribution is 5.38. The lowest BCUT2D eigenvalue weighted by atomic mass is 9.80. The van der Waals surface area contributed by atoms with Crippen molar-refractivity contribution in [3.05, 3.63) is 35.4 Å². The summed E-state index contributed by atoms with van der Waals surface area (Å²) in [6, 6.07) is 8.54. The van der Waals surface area contributed by atoms with Crippen molar-refractivity contribution in [1.29, 1.82) is 0 Å². The predicted molar refractivity (Wildman–Crippen MR) is 59.0 cm³/mol. The van der Waals surface area contributed by atoms with E-state index in [9.17, 15) is 0 Å². The molecule has 1 aromatic rings. The van der Waals surface area contributed by atoms with Gasteiger partial charge in [-0.15, -0.1) is 0 Å². The molecule has 0 bridgehead atoms. The van der Waals surface area contributed by atoms with Crippen LogP contribution in [0.4, 0.5) is 0 Å². The summed E-state index contributed by atoms with van der Waals surface area (Å²) in [5.74, 6) is 6.74. The molecule has 0 saturated heterocycles. The van der Waals surface area contributed by atoms with Crippen molar-refractivity contribution < 1.29 is 0 Å². The molecule has 0 atom stereocenters. The Morgan fingerprint density at radius 1 is 1.36 bits per heavy atom. The number of hydrogen-bond donors (Lipinski definition) is 1. The van der Waals surface area contributed by atoms with Gasteiger partial charge < -0.3 is 5.73 Å². The Bertz CT molecular complexity index is 366. The van der Waals surface area contributed by atoms with Crippen molar-refractivity contribution in [1.82, 2.24) is 0 Å². The van der Waals surface area contributed by atoms with Crippen molar-refractivity contribution in [3.8, 4) is 11.8 Å². The lowest BCUT2D eigenvalue weighted by Crippen LogP contribution is -2.08. The molecule has 72 valence electrons. The molecule has 0 unspecified atom stereocenters. The van der Waals surface area contributed by atoms with E-state index in [1.54, 1.807) is 0 Å². The van der Waals surface area contributed by atoms with E-state index in [0.717, 1.165) is 11.5 Å². The zero-order valence-electron chi connectivity index (χ0n) is 8.29. The van der Waals surface area contributed by atoms with E-state index in [0.29, 0.717) is 6.54 Å². The monoisotopic (exact) mass is 185 g/mol. The van der Waals surface area contributed by atoms with Gasteiger partial charge in [0.05, 0.1) is 6.54 Å². The van der Waals surface area contributed by atoms with Crippen molar-refractivity contribution in [2.45, 2.75) is 25.2 Å². The molecule has 1 saturated carbocycles. The minimum Gasteiger partial charge on any atom is -0.320 e. The van der Waals surface area contributed by atoms with Crippen LogP contribution in [-0.2, 0) is 0 Å². The molecule has 2 N–H and O–H groups in total. The first-order valence-electron chi connectivity index (χ1n) is 5.19. The largest absolute Gasteiger partial charge is 0.320 e. The molecule has 0 aromatic heterocycles. The molecule has 1 aliphatic rings. The predicted octanol–water partition coefficient (Wildman–Crippen LogP) is 2.26. The Kier molecular flexibility index (Phi) is 2.86. The Morgan fingerprint density at radius 2 is 2.21 bits per heavy atom. The van der Waals surface area contributed by atoms with E-state index in [1.807, 2.05) is 6.07 Å². The Morgan fingerprint density at radius 3 is 2.86 bits per heavy atom. The third-order valence-corrected chi connectivity index (χ3v) is 2.80. The van der Waals surface area contributed by atoms with Crippen LogP contribution in [0.5, 0.6) is 0 Å². The Labute approximate surface area is 85.3 Å². The van der Waals surface area contributed by atoms with Gasteiger partial charge in [-0.3, -0.25) is 0 Å². The molecule has 0 aliphatic heterocycles. The topological polar surface area (TPSA) is 26.0 Å². The fourth-order valence-corrected chi connectivity index (χ4v) is 1.77. The van der Waals surface area contributed by atoms with E-state index < -0.39 is 0 Å². The van der Waals surface area contributed by atoms with Gasteiger partial charge in [0, 0.05) is 5.56 Å². The molecule has 1 aliphatic carbocycles. The van der Waals surface area contributed by atoms with Crippen LogP contribution in [-0.4, -0.2) is 6.54 Å². The number of benzene rings is 1. The van der Waals surface area contributed by atoms with E-state index in [4.69, 9.17) is 5.73 Å². The molecular formula is C13H15N. The van der Waals surface area contributed by atoms with Gasteiger partial charge in [0.2, 0.25) is 0 Å². The standard InChI is InChI=1S/C13H15N/c14-9-3-5-11-4-1-8-13(10-11)12-6-2-7-12/h1,4,8,10,12H,2,6-7,9,14H2. The van der Waals surface area contributed by atoms with Crippen molar-refractivity contribution in [2.75, 3.05) is 6.54 Å². The maximum absolute atomic E-state index is 5.34. The molecule has 1 heteroatoms. The summed E-state index contributed by atoms with van der Waals surface area (Å²) in [4.78, 5) is 0. The van der Waals surface area contributed by atoms with Gasteiger partial charge in [-0.1, -0.05) is 30.4 Å². The van der Waals surface area contributed by atoms with E-state index in [1.165, 1.54) is 24.8 Å². The summed E-state index contributed by atoms with van der Waals surface area (Å²) in [5.41, 5.74) is 7.88. The molecular weight excluding hydrogens is 170 g/mol. The second-order valence-electron chi connectivity index (χ2n) is 3.76. The maximum Gasteiger partial charge on any atom is 0.0555 e. The second kappa shape index (κ2) is 4.30. The first-order valence-corrected chi connectivity index (χ1v) is 5.19. The number of hydrogen-bond acceptors (Lipinski definition) is 1. The normalized spacial score (nSPS) is 15.5. The van der Waals surface area contributed by atoms with Crippen molar-refractivity contribution >= 4 is 0 Å². The van der Waals surface area contributed by atoms with E-state index >= 15 is 0 Å². The van der Waals surface area contributed by atoms with Gasteiger partial charge in [-0.2, -0.15) is 0 Å². The van der Waals surface area contributed by atoms with Crippen LogP contribution in [0.2, 0.25) is 0 Å². The minimum atomic E-state index is 0.438. The first kappa shape index (κ1) is 9.30. The fraction of sp³-hybridized carbons (Fsp3) is 0.385. The van der Waals surface area contributed by atoms with E-state index in [2.05, 4.69) is 30.0 Å². The van der Waals surface area contributed by atoms with Gasteiger partial charge in [0.15, 0.2) is 0 Å². The Hall–Kier alpha value is -1.26. The minimum absolute atomic E-state index is 0.438. The lowest BCUT2D eigenvalue weighted by molar-refractivity contribution is 0.420. The average Bonchev–Trinajstić information content (AvgIpc) is 2.13. The highest BCUT2D eigenvalue weighted by Gasteiger charge is 2.18. The summed E-state index contributed by atoms with van der Waals surface area (Å²) in [7, 11) is 0. The van der Waals surface area contributed by atoms with E-state index in [-0.39, 0.29) is 0 Å². The number of rotatable bonds is 1.